The fourth-order valence-electron chi connectivity index (χ4n) is 1.11. The van der Waals surface area contributed by atoms with Crippen LogP contribution in [0.5, 0.6) is 0 Å². The minimum absolute atomic E-state index is 0.375. The molecule has 0 saturated carbocycles. The quantitative estimate of drug-likeness (QED) is 0.741. The minimum atomic E-state index is -1.21. The standard InChI is InChI=1S/C12H25N3O3/c1-9(2)14(5)8-7-13-11(18)15(6)12(3,4)10(16)17/h9H,7-8H2,1-6H3,(H,13,18)(H,16,17). The van der Waals surface area contributed by atoms with E-state index < -0.39 is 11.5 Å². The molecule has 0 heterocycles. The molecule has 0 fully saturated rings. The summed E-state index contributed by atoms with van der Waals surface area (Å²) in [7, 11) is 3.46. The molecule has 0 unspecified atom stereocenters. The van der Waals surface area contributed by atoms with Crippen LogP contribution in [0.25, 0.3) is 0 Å². The summed E-state index contributed by atoms with van der Waals surface area (Å²) in [5.41, 5.74) is -1.21. The Hall–Kier alpha value is -1.30. The van der Waals surface area contributed by atoms with E-state index in [1.54, 1.807) is 0 Å². The number of carbonyl (C=O) groups excluding carboxylic acids is 1. The SMILES string of the molecule is CC(C)N(C)CCNC(=O)N(C)C(C)(C)C(=O)O. The second-order valence-corrected chi connectivity index (χ2v) is 5.23. The van der Waals surface area contributed by atoms with Crippen LogP contribution in [0.15, 0.2) is 0 Å². The summed E-state index contributed by atoms with van der Waals surface area (Å²) in [6.07, 6.45) is 0. The number of aliphatic carboxylic acids is 1. The molecule has 0 aromatic carbocycles. The van der Waals surface area contributed by atoms with E-state index in [4.69, 9.17) is 5.11 Å². The maximum Gasteiger partial charge on any atom is 0.329 e. The van der Waals surface area contributed by atoms with E-state index in [-0.39, 0.29) is 6.03 Å². The molecule has 0 aliphatic carbocycles. The molecule has 0 atom stereocenters. The highest BCUT2D eigenvalue weighted by molar-refractivity contribution is 5.85. The van der Waals surface area contributed by atoms with E-state index in [0.717, 1.165) is 6.54 Å². The van der Waals surface area contributed by atoms with Crippen LogP contribution in [0.4, 0.5) is 4.79 Å². The van der Waals surface area contributed by atoms with Crippen molar-refractivity contribution < 1.29 is 14.7 Å². The van der Waals surface area contributed by atoms with Crippen LogP contribution in [0.3, 0.4) is 0 Å². The number of hydrogen-bond acceptors (Lipinski definition) is 3. The second-order valence-electron chi connectivity index (χ2n) is 5.23. The molecule has 18 heavy (non-hydrogen) atoms. The summed E-state index contributed by atoms with van der Waals surface area (Å²) < 4.78 is 0. The van der Waals surface area contributed by atoms with Gasteiger partial charge < -0.3 is 20.2 Å². The highest BCUT2D eigenvalue weighted by atomic mass is 16.4. The molecule has 0 aromatic heterocycles. The molecule has 2 amide bonds. The number of amides is 2. The summed E-state index contributed by atoms with van der Waals surface area (Å²) in [4.78, 5) is 26.1. The first-order valence-electron chi connectivity index (χ1n) is 6.06. The molecule has 0 aromatic rings. The number of nitrogens with zero attached hydrogens (tertiary/aromatic N) is 2. The number of urea groups is 1. The number of carbonyl (C=O) groups is 2. The van der Waals surface area contributed by atoms with Gasteiger partial charge in [0, 0.05) is 26.2 Å². The van der Waals surface area contributed by atoms with Crippen LogP contribution >= 0.6 is 0 Å². The third-order valence-corrected chi connectivity index (χ3v) is 3.29. The Balaban J connectivity index is 4.23. The van der Waals surface area contributed by atoms with Crippen molar-refractivity contribution in [2.45, 2.75) is 39.3 Å². The Morgan fingerprint density at radius 1 is 1.28 bits per heavy atom. The van der Waals surface area contributed by atoms with Crippen LogP contribution in [0, 0.1) is 0 Å². The van der Waals surface area contributed by atoms with Gasteiger partial charge >= 0.3 is 12.0 Å². The zero-order chi connectivity index (χ0) is 14.5. The number of hydrogen-bond donors (Lipinski definition) is 2. The van der Waals surface area contributed by atoms with E-state index in [1.165, 1.54) is 25.8 Å². The molecule has 0 aliphatic rings. The van der Waals surface area contributed by atoms with Gasteiger partial charge in [-0.2, -0.15) is 0 Å². The molecule has 106 valence electrons. The smallest absolute Gasteiger partial charge is 0.329 e. The largest absolute Gasteiger partial charge is 0.480 e. The van der Waals surface area contributed by atoms with E-state index in [2.05, 4.69) is 24.1 Å². The van der Waals surface area contributed by atoms with Crippen LogP contribution in [0.1, 0.15) is 27.7 Å². The molecule has 0 bridgehead atoms. The number of rotatable bonds is 6. The molecule has 2 N–H and O–H groups in total. The molecule has 0 aliphatic heterocycles. The molecule has 6 heteroatoms. The Morgan fingerprint density at radius 2 is 1.78 bits per heavy atom. The summed E-state index contributed by atoms with van der Waals surface area (Å²) in [5.74, 6) is -1.03. The van der Waals surface area contributed by atoms with Gasteiger partial charge in [-0.3, -0.25) is 0 Å². The summed E-state index contributed by atoms with van der Waals surface area (Å²) in [6.45, 7) is 8.35. The zero-order valence-corrected chi connectivity index (χ0v) is 12.1. The van der Waals surface area contributed by atoms with Crippen molar-refractivity contribution in [1.82, 2.24) is 15.1 Å². The molecule has 0 spiro atoms. The molecular weight excluding hydrogens is 234 g/mol. The fraction of sp³-hybridized carbons (Fsp3) is 0.833. The average molecular weight is 259 g/mol. The fourth-order valence-corrected chi connectivity index (χ4v) is 1.11. The third-order valence-electron chi connectivity index (χ3n) is 3.29. The minimum Gasteiger partial charge on any atom is -0.480 e. The van der Waals surface area contributed by atoms with Crippen LogP contribution in [0.2, 0.25) is 0 Å². The van der Waals surface area contributed by atoms with Crippen molar-refractivity contribution in [1.29, 1.82) is 0 Å². The molecule has 0 radical (unpaired) electrons. The third kappa shape index (κ3) is 4.52. The van der Waals surface area contributed by atoms with Crippen molar-refractivity contribution in [3.63, 3.8) is 0 Å². The highest BCUT2D eigenvalue weighted by Crippen LogP contribution is 2.12. The second kappa shape index (κ2) is 6.58. The maximum atomic E-state index is 11.8. The Kier molecular flexibility index (Phi) is 6.11. The lowest BCUT2D eigenvalue weighted by atomic mass is 10.1. The molecule has 0 rings (SSSR count). The van der Waals surface area contributed by atoms with Gasteiger partial charge in [-0.1, -0.05) is 0 Å². The number of carboxylic acid groups (broad SMARTS) is 1. The van der Waals surface area contributed by atoms with Gasteiger partial charge in [-0.25, -0.2) is 9.59 Å². The lowest BCUT2D eigenvalue weighted by molar-refractivity contribution is -0.146. The molecular formula is C12H25N3O3. The van der Waals surface area contributed by atoms with Crippen molar-refractivity contribution in [3.8, 4) is 0 Å². The lowest BCUT2D eigenvalue weighted by Crippen LogP contribution is -2.54. The first kappa shape index (κ1) is 16.7. The van der Waals surface area contributed by atoms with Crippen molar-refractivity contribution in [3.05, 3.63) is 0 Å². The monoisotopic (exact) mass is 259 g/mol. The zero-order valence-electron chi connectivity index (χ0n) is 12.1. The van der Waals surface area contributed by atoms with Gasteiger partial charge in [0.05, 0.1) is 0 Å². The van der Waals surface area contributed by atoms with Crippen molar-refractivity contribution in [2.24, 2.45) is 0 Å². The summed E-state index contributed by atoms with van der Waals surface area (Å²) >= 11 is 0. The van der Waals surface area contributed by atoms with Crippen molar-refractivity contribution >= 4 is 12.0 Å². The van der Waals surface area contributed by atoms with E-state index in [9.17, 15) is 9.59 Å². The summed E-state index contributed by atoms with van der Waals surface area (Å²) in [5, 5.41) is 11.7. The van der Waals surface area contributed by atoms with Gasteiger partial charge in [-0.15, -0.1) is 0 Å². The average Bonchev–Trinajstić information content (AvgIpc) is 2.26. The van der Waals surface area contributed by atoms with Gasteiger partial charge in [-0.05, 0) is 34.7 Å². The highest BCUT2D eigenvalue weighted by Gasteiger charge is 2.35. The van der Waals surface area contributed by atoms with Gasteiger partial charge in [0.15, 0.2) is 0 Å². The van der Waals surface area contributed by atoms with Crippen LogP contribution in [-0.4, -0.2) is 65.7 Å². The predicted octanol–water partition coefficient (Wildman–Crippen LogP) is 0.831. The maximum absolute atomic E-state index is 11.8. The van der Waals surface area contributed by atoms with Gasteiger partial charge in [0.1, 0.15) is 5.54 Å². The summed E-state index contributed by atoms with van der Waals surface area (Å²) in [6, 6.07) is 0.0367. The van der Waals surface area contributed by atoms with E-state index in [0.29, 0.717) is 12.6 Å². The van der Waals surface area contributed by atoms with Gasteiger partial charge in [0.2, 0.25) is 0 Å². The van der Waals surface area contributed by atoms with E-state index >= 15 is 0 Å². The Labute approximate surface area is 109 Å². The molecule has 0 saturated heterocycles. The topological polar surface area (TPSA) is 72.9 Å². The Morgan fingerprint density at radius 3 is 2.17 bits per heavy atom. The normalized spacial score (nSPS) is 11.8. The van der Waals surface area contributed by atoms with E-state index in [1.807, 2.05) is 7.05 Å². The van der Waals surface area contributed by atoms with Crippen LogP contribution < -0.4 is 5.32 Å². The Bertz CT molecular complexity index is 303. The first-order chi connectivity index (χ1) is 8.10. The number of likely N-dealkylation sites (N-methyl/N-ethyl adjacent to an activating group) is 2. The first-order valence-corrected chi connectivity index (χ1v) is 6.06. The van der Waals surface area contributed by atoms with Crippen molar-refractivity contribution in [2.75, 3.05) is 27.2 Å². The van der Waals surface area contributed by atoms with Crippen LogP contribution in [-0.2, 0) is 4.79 Å². The molecule has 6 nitrogen and oxygen atoms in total. The lowest BCUT2D eigenvalue weighted by Gasteiger charge is -2.31. The predicted molar refractivity (Wildman–Crippen MR) is 70.6 cm³/mol. The number of nitrogens with one attached hydrogen (secondary N) is 1. The number of carboxylic acids is 1. The van der Waals surface area contributed by atoms with Gasteiger partial charge in [0.25, 0.3) is 0 Å².